The lowest BCUT2D eigenvalue weighted by atomic mass is 10.3. The molecule has 0 radical (unpaired) electrons. The van der Waals surface area contributed by atoms with Crippen molar-refractivity contribution in [1.82, 2.24) is 9.97 Å². The van der Waals surface area contributed by atoms with Crippen LogP contribution in [0, 0.1) is 11.6 Å². The van der Waals surface area contributed by atoms with Crippen molar-refractivity contribution in [2.24, 2.45) is 10.9 Å². The summed E-state index contributed by atoms with van der Waals surface area (Å²) in [5.41, 5.74) is 5.41. The highest BCUT2D eigenvalue weighted by molar-refractivity contribution is 9.10. The maximum absolute atomic E-state index is 13.5. The number of oxime groups is 1. The Balaban J connectivity index is 2.27. The van der Waals surface area contributed by atoms with Crippen molar-refractivity contribution in [3.63, 3.8) is 0 Å². The molecule has 9 heteroatoms. The molecule has 0 bridgehead atoms. The van der Waals surface area contributed by atoms with Gasteiger partial charge in [0.2, 0.25) is 11.7 Å². The highest BCUT2D eigenvalue weighted by Gasteiger charge is 2.13. The summed E-state index contributed by atoms with van der Waals surface area (Å²) in [5, 5.41) is 11.2. The van der Waals surface area contributed by atoms with Crippen LogP contribution in [0.2, 0.25) is 0 Å². The van der Waals surface area contributed by atoms with E-state index in [1.165, 1.54) is 6.07 Å². The van der Waals surface area contributed by atoms with Crippen LogP contribution in [0.25, 0.3) is 0 Å². The SMILES string of the molecule is N/C(=N/O)c1cnc(Oc2cc(Br)cc(F)c2F)cn1. The first-order valence-corrected chi connectivity index (χ1v) is 5.93. The van der Waals surface area contributed by atoms with E-state index in [2.05, 4.69) is 31.1 Å². The number of amidine groups is 1. The van der Waals surface area contributed by atoms with Crippen LogP contribution in [0.1, 0.15) is 5.69 Å². The van der Waals surface area contributed by atoms with Crippen molar-refractivity contribution in [2.45, 2.75) is 0 Å². The fraction of sp³-hybridized carbons (Fsp3) is 0. The fourth-order valence-electron chi connectivity index (χ4n) is 1.27. The quantitative estimate of drug-likeness (QED) is 0.293. The molecule has 3 N–H and O–H groups in total. The molecule has 1 heterocycles. The Morgan fingerprint density at radius 2 is 2.05 bits per heavy atom. The molecular weight excluding hydrogens is 338 g/mol. The summed E-state index contributed by atoms with van der Waals surface area (Å²) in [7, 11) is 0. The van der Waals surface area contributed by atoms with Crippen molar-refractivity contribution in [3.05, 3.63) is 46.3 Å². The van der Waals surface area contributed by atoms with Gasteiger partial charge in [0.05, 0.1) is 12.4 Å². The summed E-state index contributed by atoms with van der Waals surface area (Å²) >= 11 is 3.02. The number of ether oxygens (including phenoxy) is 1. The number of hydrogen-bond acceptors (Lipinski definition) is 5. The van der Waals surface area contributed by atoms with Crippen LogP contribution in [0.3, 0.4) is 0 Å². The number of halogens is 3. The number of rotatable bonds is 3. The zero-order valence-corrected chi connectivity index (χ0v) is 11.3. The molecule has 1 aromatic carbocycles. The molecule has 20 heavy (non-hydrogen) atoms. The van der Waals surface area contributed by atoms with Crippen LogP contribution in [0.4, 0.5) is 8.78 Å². The lowest BCUT2D eigenvalue weighted by molar-refractivity contribution is 0.318. The first-order valence-electron chi connectivity index (χ1n) is 5.13. The first kappa shape index (κ1) is 14.1. The zero-order chi connectivity index (χ0) is 14.7. The Labute approximate surface area is 120 Å². The summed E-state index contributed by atoms with van der Waals surface area (Å²) in [6.45, 7) is 0. The van der Waals surface area contributed by atoms with Crippen LogP contribution in [-0.4, -0.2) is 21.0 Å². The van der Waals surface area contributed by atoms with Crippen LogP contribution in [0.15, 0.2) is 34.2 Å². The van der Waals surface area contributed by atoms with E-state index >= 15 is 0 Å². The van der Waals surface area contributed by atoms with E-state index < -0.39 is 11.6 Å². The van der Waals surface area contributed by atoms with Gasteiger partial charge < -0.3 is 15.7 Å². The average molecular weight is 345 g/mol. The highest BCUT2D eigenvalue weighted by atomic mass is 79.9. The average Bonchev–Trinajstić information content (AvgIpc) is 2.44. The fourth-order valence-corrected chi connectivity index (χ4v) is 1.68. The van der Waals surface area contributed by atoms with Gasteiger partial charge >= 0.3 is 0 Å². The number of nitrogens with two attached hydrogens (primary N) is 1. The van der Waals surface area contributed by atoms with E-state index in [1.54, 1.807) is 0 Å². The van der Waals surface area contributed by atoms with E-state index in [0.717, 1.165) is 18.5 Å². The van der Waals surface area contributed by atoms with Crippen LogP contribution in [0.5, 0.6) is 11.6 Å². The Kier molecular flexibility index (Phi) is 4.08. The van der Waals surface area contributed by atoms with E-state index in [9.17, 15) is 8.78 Å². The van der Waals surface area contributed by atoms with Crippen molar-refractivity contribution >= 4 is 21.8 Å². The topological polar surface area (TPSA) is 93.6 Å². The van der Waals surface area contributed by atoms with Crippen molar-refractivity contribution < 1.29 is 18.7 Å². The normalized spacial score (nSPS) is 11.4. The van der Waals surface area contributed by atoms with Gasteiger partial charge in [-0.2, -0.15) is 4.39 Å². The van der Waals surface area contributed by atoms with Crippen molar-refractivity contribution in [2.75, 3.05) is 0 Å². The van der Waals surface area contributed by atoms with Gasteiger partial charge in [0, 0.05) is 4.47 Å². The lowest BCUT2D eigenvalue weighted by Gasteiger charge is -2.07. The second kappa shape index (κ2) is 5.78. The van der Waals surface area contributed by atoms with Gasteiger partial charge in [0.25, 0.3) is 0 Å². The van der Waals surface area contributed by atoms with Crippen molar-refractivity contribution in [1.29, 1.82) is 0 Å². The zero-order valence-electron chi connectivity index (χ0n) is 9.72. The predicted octanol–water partition coefficient (Wildman–Crippen LogP) is 2.40. The Bertz CT molecular complexity index is 664. The molecule has 0 fully saturated rings. The van der Waals surface area contributed by atoms with E-state index in [0.29, 0.717) is 4.47 Å². The lowest BCUT2D eigenvalue weighted by Crippen LogP contribution is -2.15. The number of nitrogens with zero attached hydrogens (tertiary/aromatic N) is 3. The highest BCUT2D eigenvalue weighted by Crippen LogP contribution is 2.28. The van der Waals surface area contributed by atoms with E-state index in [1.807, 2.05) is 0 Å². The summed E-state index contributed by atoms with van der Waals surface area (Å²) in [4.78, 5) is 7.57. The van der Waals surface area contributed by atoms with Crippen molar-refractivity contribution in [3.8, 4) is 11.6 Å². The largest absolute Gasteiger partial charge is 0.434 e. The Hall–Kier alpha value is -2.29. The van der Waals surface area contributed by atoms with E-state index in [4.69, 9.17) is 15.7 Å². The third-order valence-corrected chi connectivity index (χ3v) is 2.63. The van der Waals surface area contributed by atoms with Gasteiger partial charge in [-0.3, -0.25) is 0 Å². The van der Waals surface area contributed by atoms with Crippen LogP contribution in [-0.2, 0) is 0 Å². The van der Waals surface area contributed by atoms with Gasteiger partial charge in [0.1, 0.15) is 5.69 Å². The smallest absolute Gasteiger partial charge is 0.238 e. The third kappa shape index (κ3) is 2.99. The Morgan fingerprint density at radius 1 is 1.30 bits per heavy atom. The third-order valence-electron chi connectivity index (χ3n) is 2.17. The number of aromatic nitrogens is 2. The van der Waals surface area contributed by atoms with Crippen LogP contribution < -0.4 is 10.5 Å². The minimum atomic E-state index is -1.14. The predicted molar refractivity (Wildman–Crippen MR) is 68.7 cm³/mol. The molecule has 0 unspecified atom stereocenters. The van der Waals surface area contributed by atoms with Gasteiger partial charge in [-0.25, -0.2) is 14.4 Å². The summed E-state index contributed by atoms with van der Waals surface area (Å²) in [5.74, 6) is -2.85. The molecule has 6 nitrogen and oxygen atoms in total. The minimum Gasteiger partial charge on any atom is -0.434 e. The maximum atomic E-state index is 13.5. The summed E-state index contributed by atoms with van der Waals surface area (Å²) in [6.07, 6.45) is 2.29. The molecule has 2 aromatic rings. The van der Waals surface area contributed by atoms with E-state index in [-0.39, 0.29) is 23.2 Å². The van der Waals surface area contributed by atoms with Crippen LogP contribution >= 0.6 is 15.9 Å². The molecule has 0 atom stereocenters. The number of benzene rings is 1. The first-order chi connectivity index (χ1) is 9.51. The second-order valence-corrected chi connectivity index (χ2v) is 4.44. The minimum absolute atomic E-state index is 0.0733. The molecule has 0 amide bonds. The molecular formula is C11H7BrF2N4O2. The molecule has 2 rings (SSSR count). The standard InChI is InChI=1S/C11H7BrF2N4O2/c12-5-1-6(13)10(14)8(2-5)20-9-4-16-7(3-17-9)11(15)18-19/h1-4,19H,(H2,15,18). The molecule has 0 aliphatic heterocycles. The second-order valence-electron chi connectivity index (χ2n) is 3.53. The molecule has 104 valence electrons. The molecule has 0 saturated heterocycles. The summed E-state index contributed by atoms with van der Waals surface area (Å²) < 4.78 is 32.1. The maximum Gasteiger partial charge on any atom is 0.238 e. The summed E-state index contributed by atoms with van der Waals surface area (Å²) in [6, 6.07) is 2.22. The van der Waals surface area contributed by atoms with Gasteiger partial charge in [-0.15, -0.1) is 0 Å². The Morgan fingerprint density at radius 3 is 2.65 bits per heavy atom. The molecule has 1 aromatic heterocycles. The monoisotopic (exact) mass is 344 g/mol. The molecule has 0 aliphatic carbocycles. The van der Waals surface area contributed by atoms with Gasteiger partial charge in [-0.1, -0.05) is 21.1 Å². The van der Waals surface area contributed by atoms with Gasteiger partial charge in [0.15, 0.2) is 17.4 Å². The van der Waals surface area contributed by atoms with Gasteiger partial charge in [-0.05, 0) is 12.1 Å². The molecule has 0 saturated carbocycles. The molecule has 0 spiro atoms. The molecule has 0 aliphatic rings. The number of hydrogen-bond donors (Lipinski definition) is 2.